The maximum Gasteiger partial charge on any atom is 0.573 e. The highest BCUT2D eigenvalue weighted by Crippen LogP contribution is 2.26. The molecule has 0 saturated heterocycles. The molecule has 0 spiro atoms. The standard InChI is InChI=1S/C7H5F5N2O/c8-5-3(1-13)14-2-4(6(5)9)15-7(10,11)12/h2H,1,13H2. The monoisotopic (exact) mass is 228 g/mol. The van der Waals surface area contributed by atoms with Gasteiger partial charge in [-0.1, -0.05) is 0 Å². The summed E-state index contributed by atoms with van der Waals surface area (Å²) in [7, 11) is 0. The second kappa shape index (κ2) is 3.97. The van der Waals surface area contributed by atoms with Gasteiger partial charge in [0.05, 0.1) is 11.9 Å². The predicted molar refractivity (Wildman–Crippen MR) is 38.7 cm³/mol. The quantitative estimate of drug-likeness (QED) is 0.784. The summed E-state index contributed by atoms with van der Waals surface area (Å²) < 4.78 is 64.0. The fourth-order valence-corrected chi connectivity index (χ4v) is 0.823. The molecule has 1 rings (SSSR count). The van der Waals surface area contributed by atoms with Gasteiger partial charge in [0.2, 0.25) is 5.82 Å². The van der Waals surface area contributed by atoms with E-state index in [0.29, 0.717) is 6.20 Å². The molecule has 0 aromatic carbocycles. The van der Waals surface area contributed by atoms with Crippen LogP contribution in [0.25, 0.3) is 0 Å². The molecule has 0 aliphatic carbocycles. The maximum absolute atomic E-state index is 12.9. The van der Waals surface area contributed by atoms with Crippen LogP contribution >= 0.6 is 0 Å². The van der Waals surface area contributed by atoms with E-state index in [1.165, 1.54) is 0 Å². The molecule has 3 nitrogen and oxygen atoms in total. The third-order valence-electron chi connectivity index (χ3n) is 1.42. The van der Waals surface area contributed by atoms with E-state index in [-0.39, 0.29) is 0 Å². The molecular formula is C7H5F5N2O. The molecule has 0 bridgehead atoms. The van der Waals surface area contributed by atoms with Gasteiger partial charge in [0.25, 0.3) is 0 Å². The third kappa shape index (κ3) is 2.75. The van der Waals surface area contributed by atoms with Crippen molar-refractivity contribution in [1.29, 1.82) is 0 Å². The summed E-state index contributed by atoms with van der Waals surface area (Å²) in [6, 6.07) is 0. The van der Waals surface area contributed by atoms with Crippen LogP contribution in [0.15, 0.2) is 6.20 Å². The van der Waals surface area contributed by atoms with Gasteiger partial charge in [-0.3, -0.25) is 4.98 Å². The molecule has 0 saturated carbocycles. The van der Waals surface area contributed by atoms with Crippen LogP contribution in [0, 0.1) is 11.6 Å². The molecule has 15 heavy (non-hydrogen) atoms. The Labute approximate surface area is 80.7 Å². The van der Waals surface area contributed by atoms with Crippen LogP contribution in [0.3, 0.4) is 0 Å². The van der Waals surface area contributed by atoms with Crippen LogP contribution in [0.5, 0.6) is 5.75 Å². The number of alkyl halides is 3. The van der Waals surface area contributed by atoms with Gasteiger partial charge >= 0.3 is 6.36 Å². The van der Waals surface area contributed by atoms with Crippen LogP contribution in [0.4, 0.5) is 22.0 Å². The Bertz CT molecular complexity index is 365. The number of hydrogen-bond donors (Lipinski definition) is 1. The summed E-state index contributed by atoms with van der Waals surface area (Å²) in [6.07, 6.45) is -4.67. The van der Waals surface area contributed by atoms with E-state index in [0.717, 1.165) is 0 Å². The minimum absolute atomic E-state index is 0.422. The minimum Gasteiger partial charge on any atom is -0.401 e. The third-order valence-corrected chi connectivity index (χ3v) is 1.42. The molecular weight excluding hydrogens is 223 g/mol. The zero-order chi connectivity index (χ0) is 11.6. The number of nitrogens with zero attached hydrogens (tertiary/aromatic N) is 1. The highest BCUT2D eigenvalue weighted by Gasteiger charge is 2.33. The van der Waals surface area contributed by atoms with E-state index in [1.807, 2.05) is 0 Å². The van der Waals surface area contributed by atoms with Crippen molar-refractivity contribution in [2.24, 2.45) is 5.73 Å². The average molecular weight is 228 g/mol. The zero-order valence-corrected chi connectivity index (χ0v) is 7.11. The van der Waals surface area contributed by atoms with Gasteiger partial charge in [0.1, 0.15) is 0 Å². The number of rotatable bonds is 2. The molecule has 1 heterocycles. The summed E-state index contributed by atoms with van der Waals surface area (Å²) in [5.41, 5.74) is 4.49. The molecule has 2 N–H and O–H groups in total. The summed E-state index contributed by atoms with van der Waals surface area (Å²) in [4.78, 5) is 3.18. The van der Waals surface area contributed by atoms with Crippen molar-refractivity contribution < 1.29 is 26.7 Å². The van der Waals surface area contributed by atoms with Gasteiger partial charge in [-0.15, -0.1) is 13.2 Å². The van der Waals surface area contributed by atoms with Gasteiger partial charge in [0.15, 0.2) is 11.6 Å². The smallest absolute Gasteiger partial charge is 0.401 e. The fourth-order valence-electron chi connectivity index (χ4n) is 0.823. The van der Waals surface area contributed by atoms with Crippen LogP contribution in [-0.4, -0.2) is 11.3 Å². The van der Waals surface area contributed by atoms with Crippen molar-refractivity contribution >= 4 is 0 Å². The van der Waals surface area contributed by atoms with Gasteiger partial charge in [-0.05, 0) is 0 Å². The number of halogens is 5. The van der Waals surface area contributed by atoms with Crippen molar-refractivity contribution in [3.8, 4) is 5.75 Å². The van der Waals surface area contributed by atoms with Crippen LogP contribution < -0.4 is 10.5 Å². The second-order valence-electron chi connectivity index (χ2n) is 2.45. The zero-order valence-electron chi connectivity index (χ0n) is 7.11. The molecule has 0 unspecified atom stereocenters. The van der Waals surface area contributed by atoms with Gasteiger partial charge in [0, 0.05) is 6.54 Å². The van der Waals surface area contributed by atoms with E-state index < -0.39 is 36.0 Å². The lowest BCUT2D eigenvalue weighted by molar-refractivity contribution is -0.275. The van der Waals surface area contributed by atoms with Crippen molar-refractivity contribution in [3.63, 3.8) is 0 Å². The number of pyridine rings is 1. The molecule has 1 aromatic heterocycles. The molecule has 8 heteroatoms. The molecule has 0 aliphatic heterocycles. The number of nitrogens with two attached hydrogens (primary N) is 1. The lowest BCUT2D eigenvalue weighted by atomic mass is 10.3. The first-order valence-electron chi connectivity index (χ1n) is 3.64. The summed E-state index contributed by atoms with van der Waals surface area (Å²) >= 11 is 0. The number of hydrogen-bond acceptors (Lipinski definition) is 3. The first-order chi connectivity index (χ1) is 6.85. The summed E-state index contributed by atoms with van der Waals surface area (Å²) in [6.45, 7) is -0.422. The second-order valence-corrected chi connectivity index (χ2v) is 2.45. The molecule has 84 valence electrons. The van der Waals surface area contributed by atoms with Crippen LogP contribution in [0.2, 0.25) is 0 Å². The lowest BCUT2D eigenvalue weighted by Crippen LogP contribution is -2.19. The normalized spacial score (nSPS) is 11.6. The number of aromatic nitrogens is 1. The number of ether oxygens (including phenoxy) is 1. The lowest BCUT2D eigenvalue weighted by Gasteiger charge is -2.10. The molecule has 0 atom stereocenters. The Kier molecular flexibility index (Phi) is 3.08. The van der Waals surface area contributed by atoms with Gasteiger partial charge < -0.3 is 10.5 Å². The Morgan fingerprint density at radius 3 is 2.33 bits per heavy atom. The minimum atomic E-state index is -5.10. The van der Waals surface area contributed by atoms with E-state index >= 15 is 0 Å². The van der Waals surface area contributed by atoms with Crippen molar-refractivity contribution in [2.45, 2.75) is 12.9 Å². The summed E-state index contributed by atoms with van der Waals surface area (Å²) in [5, 5.41) is 0. The highest BCUT2D eigenvalue weighted by molar-refractivity contribution is 5.24. The Morgan fingerprint density at radius 2 is 1.87 bits per heavy atom. The van der Waals surface area contributed by atoms with Crippen molar-refractivity contribution in [3.05, 3.63) is 23.5 Å². The van der Waals surface area contributed by atoms with Gasteiger partial charge in [-0.25, -0.2) is 4.39 Å². The SMILES string of the molecule is NCc1ncc(OC(F)(F)F)c(F)c1F. The van der Waals surface area contributed by atoms with E-state index in [9.17, 15) is 22.0 Å². The molecule has 0 radical (unpaired) electrons. The van der Waals surface area contributed by atoms with Crippen LogP contribution in [-0.2, 0) is 6.54 Å². The van der Waals surface area contributed by atoms with E-state index in [2.05, 4.69) is 9.72 Å². The average Bonchev–Trinajstić information content (AvgIpc) is 2.11. The highest BCUT2D eigenvalue weighted by atomic mass is 19.4. The fraction of sp³-hybridized carbons (Fsp3) is 0.286. The molecule has 0 amide bonds. The largest absolute Gasteiger partial charge is 0.573 e. The molecule has 0 aliphatic rings. The topological polar surface area (TPSA) is 48.1 Å². The Balaban J connectivity index is 3.07. The van der Waals surface area contributed by atoms with E-state index in [1.54, 1.807) is 0 Å². The first-order valence-corrected chi connectivity index (χ1v) is 3.64. The van der Waals surface area contributed by atoms with Crippen molar-refractivity contribution in [2.75, 3.05) is 0 Å². The Hall–Kier alpha value is -1.44. The Morgan fingerprint density at radius 1 is 1.27 bits per heavy atom. The predicted octanol–water partition coefficient (Wildman–Crippen LogP) is 1.72. The molecule has 0 fully saturated rings. The maximum atomic E-state index is 12.9. The first kappa shape index (κ1) is 11.6. The van der Waals surface area contributed by atoms with Crippen LogP contribution in [0.1, 0.15) is 5.69 Å². The van der Waals surface area contributed by atoms with E-state index in [4.69, 9.17) is 5.73 Å². The summed E-state index contributed by atoms with van der Waals surface area (Å²) in [5.74, 6) is -4.63. The molecule has 1 aromatic rings. The van der Waals surface area contributed by atoms with Crippen molar-refractivity contribution in [1.82, 2.24) is 4.98 Å². The van der Waals surface area contributed by atoms with Gasteiger partial charge in [-0.2, -0.15) is 4.39 Å².